The Hall–Kier alpha value is -3.67. The quantitative estimate of drug-likeness (QED) is 0.549. The number of hydrogen-bond acceptors (Lipinski definition) is 4. The van der Waals surface area contributed by atoms with Crippen LogP contribution >= 0.6 is 0 Å². The lowest BCUT2D eigenvalue weighted by atomic mass is 9.98. The fraction of sp³-hybridized carbons (Fsp3) is 0.208. The monoisotopic (exact) mass is 398 g/mol. The highest BCUT2D eigenvalue weighted by atomic mass is 16.5. The molecule has 1 amide bonds. The molecule has 30 heavy (non-hydrogen) atoms. The summed E-state index contributed by atoms with van der Waals surface area (Å²) in [6.07, 6.45) is 3.02. The topological polar surface area (TPSA) is 75.0 Å². The van der Waals surface area contributed by atoms with Crippen LogP contribution in [-0.4, -0.2) is 32.7 Å². The largest absolute Gasteiger partial charge is 0.360 e. The summed E-state index contributed by atoms with van der Waals surface area (Å²) in [5, 5.41) is 11.3. The summed E-state index contributed by atoms with van der Waals surface area (Å²) in [4.78, 5) is 14.9. The summed E-state index contributed by atoms with van der Waals surface area (Å²) in [5.74, 6) is 0.863. The number of aryl methyl sites for hydroxylation is 1. The van der Waals surface area contributed by atoms with Gasteiger partial charge in [0.25, 0.3) is 5.91 Å². The molecule has 0 radical (unpaired) electrons. The molecule has 0 saturated carbocycles. The van der Waals surface area contributed by atoms with E-state index in [1.807, 2.05) is 30.0 Å². The number of aromatic nitrogens is 3. The van der Waals surface area contributed by atoms with Crippen molar-refractivity contribution in [1.82, 2.24) is 20.3 Å². The van der Waals surface area contributed by atoms with Crippen molar-refractivity contribution in [2.75, 3.05) is 6.54 Å². The number of carbonyl (C=O) groups is 1. The van der Waals surface area contributed by atoms with E-state index in [-0.39, 0.29) is 5.91 Å². The fourth-order valence-electron chi connectivity index (χ4n) is 4.00. The van der Waals surface area contributed by atoms with Gasteiger partial charge in [0.15, 0.2) is 0 Å². The molecule has 6 heteroatoms. The highest BCUT2D eigenvalue weighted by molar-refractivity contribution is 5.95. The summed E-state index contributed by atoms with van der Waals surface area (Å²) in [6.45, 7) is 3.11. The number of nitrogens with one attached hydrogen (secondary N) is 1. The zero-order valence-corrected chi connectivity index (χ0v) is 16.8. The lowest BCUT2D eigenvalue weighted by molar-refractivity contribution is 0.0728. The van der Waals surface area contributed by atoms with Crippen LogP contribution in [0.2, 0.25) is 0 Å². The summed E-state index contributed by atoms with van der Waals surface area (Å²) < 4.78 is 5.61. The number of nitrogens with zero attached hydrogens (tertiary/aromatic N) is 3. The third-order valence-corrected chi connectivity index (χ3v) is 5.68. The maximum atomic E-state index is 13.0. The number of fused-ring (bicyclic) bond motifs is 1. The van der Waals surface area contributed by atoms with E-state index < -0.39 is 0 Å². The molecule has 0 bridgehead atoms. The van der Waals surface area contributed by atoms with Crippen molar-refractivity contribution in [2.24, 2.45) is 0 Å². The Balaban J connectivity index is 1.41. The van der Waals surface area contributed by atoms with Crippen molar-refractivity contribution < 1.29 is 9.32 Å². The van der Waals surface area contributed by atoms with Gasteiger partial charge in [-0.15, -0.1) is 0 Å². The average Bonchev–Trinajstić information content (AvgIpc) is 3.46. The molecule has 1 aliphatic heterocycles. The molecule has 0 aliphatic carbocycles. The van der Waals surface area contributed by atoms with Gasteiger partial charge in [0, 0.05) is 29.8 Å². The van der Waals surface area contributed by atoms with Crippen LogP contribution in [0.15, 0.2) is 65.3 Å². The Morgan fingerprint density at radius 3 is 2.57 bits per heavy atom. The second-order valence-electron chi connectivity index (χ2n) is 7.47. The number of H-pyrrole nitrogens is 1. The van der Waals surface area contributed by atoms with Gasteiger partial charge in [-0.1, -0.05) is 66.7 Å². The van der Waals surface area contributed by atoms with Gasteiger partial charge in [-0.2, -0.15) is 5.10 Å². The molecule has 0 unspecified atom stereocenters. The van der Waals surface area contributed by atoms with E-state index in [2.05, 4.69) is 51.8 Å². The fourth-order valence-corrected chi connectivity index (χ4v) is 4.00. The van der Waals surface area contributed by atoms with E-state index in [4.69, 9.17) is 4.52 Å². The minimum Gasteiger partial charge on any atom is -0.360 e. The molecular weight excluding hydrogens is 376 g/mol. The maximum absolute atomic E-state index is 13.0. The predicted molar refractivity (Wildman–Crippen MR) is 114 cm³/mol. The molecule has 2 aromatic heterocycles. The van der Waals surface area contributed by atoms with Crippen LogP contribution in [0.1, 0.15) is 34.3 Å². The standard InChI is InChI=1S/C24H22N4O2/c1-2-21-19(14-25-26-21)24(29)28-13-12-22-20(15-28)23(27-30-22)18-10-8-17(9-11-18)16-6-4-3-5-7-16/h3-11,14H,2,12-13,15H2,1H3,(H,25,26). The van der Waals surface area contributed by atoms with Crippen LogP contribution in [0.5, 0.6) is 0 Å². The highest BCUT2D eigenvalue weighted by Crippen LogP contribution is 2.32. The first-order valence-electron chi connectivity index (χ1n) is 10.2. The Bertz CT molecular complexity index is 1180. The average molecular weight is 398 g/mol. The number of aromatic amines is 1. The van der Waals surface area contributed by atoms with Gasteiger partial charge in [0.1, 0.15) is 11.5 Å². The van der Waals surface area contributed by atoms with Crippen LogP contribution in [0.25, 0.3) is 22.4 Å². The third-order valence-electron chi connectivity index (χ3n) is 5.68. The number of hydrogen-bond donors (Lipinski definition) is 1. The first-order chi connectivity index (χ1) is 14.7. The van der Waals surface area contributed by atoms with Crippen LogP contribution in [-0.2, 0) is 19.4 Å². The molecule has 0 atom stereocenters. The second-order valence-corrected chi connectivity index (χ2v) is 7.47. The van der Waals surface area contributed by atoms with E-state index in [0.717, 1.165) is 40.3 Å². The van der Waals surface area contributed by atoms with Gasteiger partial charge in [0.2, 0.25) is 0 Å². The smallest absolute Gasteiger partial charge is 0.257 e. The van der Waals surface area contributed by atoms with E-state index in [1.54, 1.807) is 6.20 Å². The summed E-state index contributed by atoms with van der Waals surface area (Å²) in [7, 11) is 0. The number of amides is 1. The third kappa shape index (κ3) is 3.20. The van der Waals surface area contributed by atoms with E-state index in [1.165, 1.54) is 5.56 Å². The Morgan fingerprint density at radius 1 is 1.07 bits per heavy atom. The van der Waals surface area contributed by atoms with Gasteiger partial charge >= 0.3 is 0 Å². The van der Waals surface area contributed by atoms with Crippen LogP contribution in [0.4, 0.5) is 0 Å². The van der Waals surface area contributed by atoms with Crippen molar-refractivity contribution >= 4 is 5.91 Å². The molecule has 1 aliphatic rings. The summed E-state index contributed by atoms with van der Waals surface area (Å²) in [6, 6.07) is 18.6. The van der Waals surface area contributed by atoms with Crippen molar-refractivity contribution in [3.63, 3.8) is 0 Å². The van der Waals surface area contributed by atoms with Crippen LogP contribution in [0.3, 0.4) is 0 Å². The van der Waals surface area contributed by atoms with Gasteiger partial charge < -0.3 is 9.42 Å². The molecule has 0 saturated heterocycles. The van der Waals surface area contributed by atoms with Crippen LogP contribution in [0, 0.1) is 0 Å². The van der Waals surface area contributed by atoms with E-state index >= 15 is 0 Å². The Kier molecular flexibility index (Phi) is 4.67. The van der Waals surface area contributed by atoms with Gasteiger partial charge in [-0.3, -0.25) is 9.89 Å². The Morgan fingerprint density at radius 2 is 1.80 bits per heavy atom. The minimum absolute atomic E-state index is 0.00201. The van der Waals surface area contributed by atoms with Gasteiger partial charge in [-0.05, 0) is 17.5 Å². The summed E-state index contributed by atoms with van der Waals surface area (Å²) >= 11 is 0. The van der Waals surface area contributed by atoms with Crippen molar-refractivity contribution in [3.8, 4) is 22.4 Å². The molecule has 0 spiro atoms. The first-order valence-corrected chi connectivity index (χ1v) is 10.2. The molecule has 0 fully saturated rings. The number of rotatable bonds is 4. The second kappa shape index (κ2) is 7.63. The van der Waals surface area contributed by atoms with Crippen LogP contribution < -0.4 is 0 Å². The zero-order chi connectivity index (χ0) is 20.5. The maximum Gasteiger partial charge on any atom is 0.257 e. The summed E-state index contributed by atoms with van der Waals surface area (Å²) in [5.41, 5.74) is 6.63. The van der Waals surface area contributed by atoms with Gasteiger partial charge in [-0.25, -0.2) is 0 Å². The number of benzene rings is 2. The van der Waals surface area contributed by atoms with E-state index in [9.17, 15) is 4.79 Å². The van der Waals surface area contributed by atoms with Crippen molar-refractivity contribution in [1.29, 1.82) is 0 Å². The normalized spacial score (nSPS) is 13.3. The van der Waals surface area contributed by atoms with E-state index in [0.29, 0.717) is 25.1 Å². The predicted octanol–water partition coefficient (Wildman–Crippen LogP) is 4.49. The molecule has 6 nitrogen and oxygen atoms in total. The molecule has 150 valence electrons. The number of carbonyl (C=O) groups excluding carboxylic acids is 1. The first kappa shape index (κ1) is 18.4. The molecule has 5 rings (SSSR count). The van der Waals surface area contributed by atoms with Gasteiger partial charge in [0.05, 0.1) is 18.3 Å². The molecule has 4 aromatic rings. The molecule has 3 heterocycles. The molecule has 2 aromatic carbocycles. The highest BCUT2D eigenvalue weighted by Gasteiger charge is 2.29. The van der Waals surface area contributed by atoms with Crippen molar-refractivity contribution in [3.05, 3.63) is 83.4 Å². The lowest BCUT2D eigenvalue weighted by Crippen LogP contribution is -2.36. The zero-order valence-electron chi connectivity index (χ0n) is 16.8. The lowest BCUT2D eigenvalue weighted by Gasteiger charge is -2.26. The molecule has 1 N–H and O–H groups in total. The van der Waals surface area contributed by atoms with Crippen molar-refractivity contribution in [2.45, 2.75) is 26.3 Å². The molecular formula is C24H22N4O2. The Labute approximate surface area is 174 Å². The minimum atomic E-state index is -0.00201. The SMILES string of the molecule is CCc1[nH]ncc1C(=O)N1CCc2onc(-c3ccc(-c4ccccc4)cc3)c2C1.